The van der Waals surface area contributed by atoms with Crippen molar-refractivity contribution in [2.75, 3.05) is 20.1 Å². The Morgan fingerprint density at radius 2 is 1.91 bits per heavy atom. The third kappa shape index (κ3) is 6.01. The zero-order valence-corrected chi connectivity index (χ0v) is 15.5. The molecular formula is C17H33N3O3. The number of ether oxygens (including phenoxy) is 1. The number of hydrogen-bond acceptors (Lipinski definition) is 4. The lowest BCUT2D eigenvalue weighted by atomic mass is 10.0. The maximum Gasteiger partial charge on any atom is 0.410 e. The van der Waals surface area contributed by atoms with Crippen molar-refractivity contribution >= 4 is 12.0 Å². The van der Waals surface area contributed by atoms with Crippen LogP contribution in [0.4, 0.5) is 4.79 Å². The van der Waals surface area contributed by atoms with E-state index in [0.29, 0.717) is 13.1 Å². The molecule has 1 heterocycles. The molecule has 2 N–H and O–H groups in total. The van der Waals surface area contributed by atoms with Crippen LogP contribution in [0.25, 0.3) is 0 Å². The molecule has 6 nitrogen and oxygen atoms in total. The van der Waals surface area contributed by atoms with E-state index in [2.05, 4.69) is 0 Å². The lowest BCUT2D eigenvalue weighted by Gasteiger charge is -2.39. The summed E-state index contributed by atoms with van der Waals surface area (Å²) in [6, 6.07) is -0.509. The summed E-state index contributed by atoms with van der Waals surface area (Å²) in [5, 5.41) is 0. The standard InChI is InChI=1S/C17H33N3O3/c1-12(2)14(18)15(21)19(6)11-13-9-7-8-10-20(13)16(22)23-17(3,4)5/h12-14H,7-11,18H2,1-6H3/t13-,14+/m1/s1. The van der Waals surface area contributed by atoms with E-state index in [1.807, 2.05) is 34.6 Å². The first-order chi connectivity index (χ1) is 10.5. The Balaban J connectivity index is 2.71. The lowest BCUT2D eigenvalue weighted by molar-refractivity contribution is -0.133. The fraction of sp³-hybridized carbons (Fsp3) is 0.882. The molecule has 0 spiro atoms. The van der Waals surface area contributed by atoms with Crippen molar-refractivity contribution in [2.45, 2.75) is 71.6 Å². The molecule has 2 amide bonds. The fourth-order valence-corrected chi connectivity index (χ4v) is 2.70. The molecule has 1 saturated heterocycles. The van der Waals surface area contributed by atoms with Gasteiger partial charge in [0, 0.05) is 20.1 Å². The highest BCUT2D eigenvalue weighted by atomic mass is 16.6. The second-order valence-corrected chi connectivity index (χ2v) is 7.81. The summed E-state index contributed by atoms with van der Waals surface area (Å²) in [4.78, 5) is 28.1. The first-order valence-electron chi connectivity index (χ1n) is 8.53. The highest BCUT2D eigenvalue weighted by Gasteiger charge is 2.32. The number of likely N-dealkylation sites (N-methyl/N-ethyl adjacent to an activating group) is 1. The predicted molar refractivity (Wildman–Crippen MR) is 91.0 cm³/mol. The summed E-state index contributed by atoms with van der Waals surface area (Å²) >= 11 is 0. The number of carbonyl (C=O) groups excluding carboxylic acids is 2. The molecule has 0 radical (unpaired) electrons. The molecule has 23 heavy (non-hydrogen) atoms. The average Bonchev–Trinajstić information content (AvgIpc) is 2.44. The van der Waals surface area contributed by atoms with Crippen molar-refractivity contribution in [3.63, 3.8) is 0 Å². The molecule has 1 aliphatic heterocycles. The van der Waals surface area contributed by atoms with Gasteiger partial charge in [-0.3, -0.25) is 4.79 Å². The number of amides is 2. The van der Waals surface area contributed by atoms with Gasteiger partial charge in [0.1, 0.15) is 5.60 Å². The summed E-state index contributed by atoms with van der Waals surface area (Å²) in [5.74, 6) is 0.0213. The van der Waals surface area contributed by atoms with Crippen LogP contribution >= 0.6 is 0 Å². The number of piperidine rings is 1. The molecule has 134 valence electrons. The second-order valence-electron chi connectivity index (χ2n) is 7.81. The quantitative estimate of drug-likeness (QED) is 0.859. The van der Waals surface area contributed by atoms with Gasteiger partial charge in [0.25, 0.3) is 0 Å². The minimum absolute atomic E-state index is 0.00749. The van der Waals surface area contributed by atoms with Crippen molar-refractivity contribution in [3.8, 4) is 0 Å². The van der Waals surface area contributed by atoms with Gasteiger partial charge in [0.05, 0.1) is 12.1 Å². The van der Waals surface area contributed by atoms with Crippen LogP contribution in [0.2, 0.25) is 0 Å². The van der Waals surface area contributed by atoms with Crippen molar-refractivity contribution in [1.82, 2.24) is 9.80 Å². The minimum atomic E-state index is -0.513. The maximum atomic E-state index is 12.4. The van der Waals surface area contributed by atoms with E-state index in [0.717, 1.165) is 19.3 Å². The van der Waals surface area contributed by atoms with Crippen LogP contribution in [0.15, 0.2) is 0 Å². The molecule has 2 atom stereocenters. The van der Waals surface area contributed by atoms with E-state index in [4.69, 9.17) is 10.5 Å². The van der Waals surface area contributed by atoms with E-state index in [9.17, 15) is 9.59 Å². The van der Waals surface area contributed by atoms with E-state index in [-0.39, 0.29) is 24.0 Å². The van der Waals surface area contributed by atoms with Crippen molar-refractivity contribution in [3.05, 3.63) is 0 Å². The van der Waals surface area contributed by atoms with Gasteiger partial charge in [0.15, 0.2) is 0 Å². The molecule has 0 aliphatic carbocycles. The molecule has 1 rings (SSSR count). The summed E-state index contributed by atoms with van der Waals surface area (Å²) in [5.41, 5.74) is 5.43. The van der Waals surface area contributed by atoms with Crippen LogP contribution in [0.3, 0.4) is 0 Å². The highest BCUT2D eigenvalue weighted by Crippen LogP contribution is 2.21. The van der Waals surface area contributed by atoms with Crippen LogP contribution in [0, 0.1) is 5.92 Å². The maximum absolute atomic E-state index is 12.4. The largest absolute Gasteiger partial charge is 0.444 e. The van der Waals surface area contributed by atoms with E-state index in [1.54, 1.807) is 16.8 Å². The van der Waals surface area contributed by atoms with Gasteiger partial charge in [0.2, 0.25) is 5.91 Å². The molecule has 0 aromatic carbocycles. The van der Waals surface area contributed by atoms with Gasteiger partial charge in [-0.05, 0) is 46.0 Å². The van der Waals surface area contributed by atoms with E-state index >= 15 is 0 Å². The van der Waals surface area contributed by atoms with Crippen molar-refractivity contribution < 1.29 is 14.3 Å². The number of likely N-dealkylation sites (tertiary alicyclic amines) is 1. The first kappa shape index (κ1) is 19.7. The molecule has 0 aromatic heterocycles. The third-order valence-corrected chi connectivity index (χ3v) is 4.12. The van der Waals surface area contributed by atoms with Crippen LogP contribution in [0.5, 0.6) is 0 Å². The fourth-order valence-electron chi connectivity index (χ4n) is 2.70. The van der Waals surface area contributed by atoms with Gasteiger partial charge in [-0.25, -0.2) is 4.79 Å². The smallest absolute Gasteiger partial charge is 0.410 e. The second kappa shape index (κ2) is 7.99. The Labute approximate surface area is 140 Å². The predicted octanol–water partition coefficient (Wildman–Crippen LogP) is 2.22. The van der Waals surface area contributed by atoms with E-state index < -0.39 is 11.6 Å². The summed E-state index contributed by atoms with van der Waals surface area (Å²) in [6.45, 7) is 10.6. The normalized spacial score (nSPS) is 20.3. The summed E-state index contributed by atoms with van der Waals surface area (Å²) in [6.07, 6.45) is 2.62. The average molecular weight is 327 g/mol. The van der Waals surface area contributed by atoms with Crippen LogP contribution in [-0.2, 0) is 9.53 Å². The Morgan fingerprint density at radius 1 is 1.30 bits per heavy atom. The Kier molecular flexibility index (Phi) is 6.86. The number of carbonyl (C=O) groups is 2. The Hall–Kier alpha value is -1.30. The molecule has 1 fully saturated rings. The van der Waals surface area contributed by atoms with Gasteiger partial charge in [-0.15, -0.1) is 0 Å². The van der Waals surface area contributed by atoms with Gasteiger partial charge in [-0.1, -0.05) is 13.8 Å². The molecule has 0 saturated carbocycles. The Bertz CT molecular complexity index is 418. The summed E-state index contributed by atoms with van der Waals surface area (Å²) < 4.78 is 5.49. The first-order valence-corrected chi connectivity index (χ1v) is 8.53. The van der Waals surface area contributed by atoms with E-state index in [1.165, 1.54) is 0 Å². The number of rotatable bonds is 4. The molecular weight excluding hydrogens is 294 g/mol. The van der Waals surface area contributed by atoms with Gasteiger partial charge in [-0.2, -0.15) is 0 Å². The molecule has 6 heteroatoms. The van der Waals surface area contributed by atoms with Gasteiger partial charge >= 0.3 is 6.09 Å². The number of nitrogens with zero attached hydrogens (tertiary/aromatic N) is 2. The molecule has 0 bridgehead atoms. The van der Waals surface area contributed by atoms with Crippen LogP contribution in [-0.4, -0.2) is 59.6 Å². The molecule has 1 aliphatic rings. The lowest BCUT2D eigenvalue weighted by Crippen LogP contribution is -2.53. The summed E-state index contributed by atoms with van der Waals surface area (Å²) in [7, 11) is 1.76. The topological polar surface area (TPSA) is 75.9 Å². The number of nitrogens with two attached hydrogens (primary N) is 1. The highest BCUT2D eigenvalue weighted by molar-refractivity contribution is 5.81. The zero-order chi connectivity index (χ0) is 17.8. The number of hydrogen-bond donors (Lipinski definition) is 1. The van der Waals surface area contributed by atoms with Crippen LogP contribution < -0.4 is 5.73 Å². The van der Waals surface area contributed by atoms with Crippen molar-refractivity contribution in [2.24, 2.45) is 11.7 Å². The van der Waals surface area contributed by atoms with Gasteiger partial charge < -0.3 is 20.3 Å². The zero-order valence-electron chi connectivity index (χ0n) is 15.5. The Morgan fingerprint density at radius 3 is 2.43 bits per heavy atom. The third-order valence-electron chi connectivity index (χ3n) is 4.12. The van der Waals surface area contributed by atoms with Crippen LogP contribution in [0.1, 0.15) is 53.9 Å². The molecule has 0 aromatic rings. The SMILES string of the molecule is CC(C)[C@H](N)C(=O)N(C)C[C@H]1CCCCN1C(=O)OC(C)(C)C. The van der Waals surface area contributed by atoms with Crippen molar-refractivity contribution in [1.29, 1.82) is 0 Å². The minimum Gasteiger partial charge on any atom is -0.444 e. The monoisotopic (exact) mass is 327 g/mol. The molecule has 0 unspecified atom stereocenters.